The number of amides is 2. The fourth-order valence-corrected chi connectivity index (χ4v) is 4.52. The molecule has 2 amide bonds. The van der Waals surface area contributed by atoms with Crippen LogP contribution in [0.2, 0.25) is 0 Å². The van der Waals surface area contributed by atoms with Gasteiger partial charge in [-0.2, -0.15) is 0 Å². The highest BCUT2D eigenvalue weighted by Crippen LogP contribution is 2.45. The molecule has 1 aliphatic carbocycles. The van der Waals surface area contributed by atoms with Gasteiger partial charge in [-0.25, -0.2) is 4.79 Å². The van der Waals surface area contributed by atoms with Crippen molar-refractivity contribution in [1.82, 2.24) is 0 Å². The predicted octanol–water partition coefficient (Wildman–Crippen LogP) is 6.11. The first-order chi connectivity index (χ1) is 15.5. The molecule has 0 bridgehead atoms. The molecular formula is C26H25N3O3. The maximum atomic E-state index is 13.8. The van der Waals surface area contributed by atoms with Gasteiger partial charge in [0.1, 0.15) is 11.8 Å². The lowest BCUT2D eigenvalue weighted by molar-refractivity contribution is -0.116. The van der Waals surface area contributed by atoms with Gasteiger partial charge in [-0.05, 0) is 68.1 Å². The van der Waals surface area contributed by atoms with Crippen LogP contribution in [0.5, 0.6) is 0 Å². The first kappa shape index (κ1) is 20.1. The minimum Gasteiger partial charge on any atom is -0.467 e. The zero-order valence-corrected chi connectivity index (χ0v) is 18.1. The van der Waals surface area contributed by atoms with E-state index in [0.717, 1.165) is 41.0 Å². The highest BCUT2D eigenvalue weighted by molar-refractivity contribution is 6.09. The molecule has 0 saturated carbocycles. The van der Waals surface area contributed by atoms with Crippen LogP contribution in [-0.2, 0) is 4.79 Å². The van der Waals surface area contributed by atoms with Gasteiger partial charge < -0.3 is 15.1 Å². The molecule has 3 aromatic rings. The van der Waals surface area contributed by atoms with Crippen LogP contribution in [0.1, 0.15) is 42.2 Å². The normalized spacial score (nSPS) is 17.9. The number of benzene rings is 2. The number of carbonyl (C=O) groups is 2. The van der Waals surface area contributed by atoms with Crippen molar-refractivity contribution in [3.05, 3.63) is 89.0 Å². The van der Waals surface area contributed by atoms with E-state index in [9.17, 15) is 9.59 Å². The molecule has 162 valence electrons. The summed E-state index contributed by atoms with van der Waals surface area (Å²) >= 11 is 0. The van der Waals surface area contributed by atoms with Gasteiger partial charge in [0.2, 0.25) is 0 Å². The molecule has 1 atom stereocenters. The molecular weight excluding hydrogens is 402 g/mol. The van der Waals surface area contributed by atoms with E-state index in [1.54, 1.807) is 17.2 Å². The molecule has 2 aliphatic rings. The van der Waals surface area contributed by atoms with Crippen molar-refractivity contribution in [3.63, 3.8) is 0 Å². The Morgan fingerprint density at radius 1 is 1.09 bits per heavy atom. The minimum absolute atomic E-state index is 0.0393. The lowest BCUT2D eigenvalue weighted by Crippen LogP contribution is -2.40. The summed E-state index contributed by atoms with van der Waals surface area (Å²) in [5.41, 5.74) is 5.70. The fourth-order valence-electron chi connectivity index (χ4n) is 4.52. The smallest absolute Gasteiger partial charge is 0.327 e. The van der Waals surface area contributed by atoms with E-state index >= 15 is 0 Å². The lowest BCUT2D eigenvalue weighted by Gasteiger charge is -2.32. The van der Waals surface area contributed by atoms with E-state index < -0.39 is 6.04 Å². The van der Waals surface area contributed by atoms with E-state index in [4.69, 9.17) is 4.42 Å². The highest BCUT2D eigenvalue weighted by atomic mass is 16.3. The van der Waals surface area contributed by atoms with Gasteiger partial charge in [0.15, 0.2) is 5.78 Å². The Labute approximate surface area is 186 Å². The maximum absolute atomic E-state index is 13.8. The van der Waals surface area contributed by atoms with Gasteiger partial charge in [0, 0.05) is 23.4 Å². The monoisotopic (exact) mass is 427 g/mol. The number of anilines is 3. The minimum atomic E-state index is -0.658. The number of nitrogens with one attached hydrogen (secondary N) is 2. The van der Waals surface area contributed by atoms with Crippen molar-refractivity contribution >= 4 is 28.9 Å². The number of urea groups is 1. The van der Waals surface area contributed by atoms with Crippen molar-refractivity contribution in [2.45, 2.75) is 39.2 Å². The van der Waals surface area contributed by atoms with E-state index in [-0.39, 0.29) is 11.8 Å². The zero-order chi connectivity index (χ0) is 22.2. The number of nitrogens with zero attached hydrogens (tertiary/aromatic N) is 1. The summed E-state index contributed by atoms with van der Waals surface area (Å²) < 4.78 is 5.78. The van der Waals surface area contributed by atoms with Crippen LogP contribution in [0, 0.1) is 13.8 Å². The van der Waals surface area contributed by atoms with Crippen molar-refractivity contribution in [2.24, 2.45) is 0 Å². The number of aryl methyl sites for hydroxylation is 2. The number of hydrogen-bond acceptors (Lipinski definition) is 4. The molecule has 0 unspecified atom stereocenters. The van der Waals surface area contributed by atoms with Crippen LogP contribution in [0.15, 0.2) is 76.5 Å². The summed E-state index contributed by atoms with van der Waals surface area (Å²) in [6.07, 6.45) is 3.57. The number of furan rings is 1. The van der Waals surface area contributed by atoms with Gasteiger partial charge in [-0.3, -0.25) is 9.69 Å². The van der Waals surface area contributed by atoms with Crippen molar-refractivity contribution in [3.8, 4) is 0 Å². The number of rotatable bonds is 2. The largest absolute Gasteiger partial charge is 0.467 e. The molecule has 0 fully saturated rings. The molecule has 1 aromatic heterocycles. The molecule has 2 N–H and O–H groups in total. The van der Waals surface area contributed by atoms with Crippen LogP contribution in [0.25, 0.3) is 0 Å². The van der Waals surface area contributed by atoms with Gasteiger partial charge in [0.05, 0.1) is 17.6 Å². The van der Waals surface area contributed by atoms with E-state index in [1.807, 2.05) is 62.4 Å². The molecule has 2 heterocycles. The van der Waals surface area contributed by atoms with Gasteiger partial charge in [0.25, 0.3) is 0 Å². The second-order valence-corrected chi connectivity index (χ2v) is 8.35. The van der Waals surface area contributed by atoms with Crippen LogP contribution in [0.3, 0.4) is 0 Å². The first-order valence-corrected chi connectivity index (χ1v) is 10.9. The summed E-state index contributed by atoms with van der Waals surface area (Å²) in [6, 6.07) is 16.2. The zero-order valence-electron chi connectivity index (χ0n) is 18.1. The molecule has 6 nitrogen and oxygen atoms in total. The number of hydrogen-bond donors (Lipinski definition) is 2. The van der Waals surface area contributed by atoms with Crippen molar-refractivity contribution < 1.29 is 14.0 Å². The highest BCUT2D eigenvalue weighted by Gasteiger charge is 2.41. The Morgan fingerprint density at radius 3 is 2.75 bits per heavy atom. The average molecular weight is 428 g/mol. The summed E-state index contributed by atoms with van der Waals surface area (Å²) in [4.78, 5) is 28.7. The summed E-state index contributed by atoms with van der Waals surface area (Å²) in [6.45, 7) is 3.95. The number of allylic oxidation sites excluding steroid dienone is 1. The Hall–Kier alpha value is -3.80. The van der Waals surface area contributed by atoms with Crippen LogP contribution >= 0.6 is 0 Å². The maximum Gasteiger partial charge on any atom is 0.327 e. The number of carbonyl (C=O) groups excluding carboxylic acids is 2. The van der Waals surface area contributed by atoms with E-state index in [2.05, 4.69) is 10.6 Å². The Bertz CT molecular complexity index is 1230. The fraction of sp³-hybridized carbons (Fsp3) is 0.231. The molecule has 32 heavy (non-hydrogen) atoms. The SMILES string of the molecule is Cc1ccc(C)c(NC(=O)N2c3ccccc3NC3=C(C(=O)CCC3)[C@@H]2c2ccco2)c1. The Kier molecular flexibility index (Phi) is 5.05. The molecule has 1 aliphatic heterocycles. The molecule has 0 radical (unpaired) electrons. The van der Waals surface area contributed by atoms with Gasteiger partial charge >= 0.3 is 6.03 Å². The summed E-state index contributed by atoms with van der Waals surface area (Å²) in [5, 5.41) is 6.52. The number of para-hydroxylation sites is 2. The topological polar surface area (TPSA) is 74.6 Å². The molecule has 2 aromatic carbocycles. The van der Waals surface area contributed by atoms with Crippen molar-refractivity contribution in [1.29, 1.82) is 0 Å². The summed E-state index contributed by atoms with van der Waals surface area (Å²) in [7, 11) is 0. The molecule has 5 rings (SSSR count). The third kappa shape index (κ3) is 3.47. The van der Waals surface area contributed by atoms with Gasteiger partial charge in [-0.15, -0.1) is 0 Å². The number of fused-ring (bicyclic) bond motifs is 1. The second-order valence-electron chi connectivity index (χ2n) is 8.35. The van der Waals surface area contributed by atoms with Crippen LogP contribution in [-0.4, -0.2) is 11.8 Å². The van der Waals surface area contributed by atoms with Gasteiger partial charge in [-0.1, -0.05) is 24.3 Å². The third-order valence-electron chi connectivity index (χ3n) is 6.10. The van der Waals surface area contributed by atoms with E-state index in [0.29, 0.717) is 23.4 Å². The number of ketones is 1. The number of Topliss-reactive ketones (excluding diaryl/α,β-unsaturated/α-hetero) is 1. The molecule has 6 heteroatoms. The van der Waals surface area contributed by atoms with E-state index in [1.165, 1.54) is 0 Å². The average Bonchev–Trinajstić information content (AvgIpc) is 3.25. The second kappa shape index (κ2) is 8.04. The summed E-state index contributed by atoms with van der Waals surface area (Å²) in [5.74, 6) is 0.597. The standard InChI is InChI=1S/C26H25N3O3/c1-16-12-13-17(2)20(15-16)28-26(31)29-21-9-4-3-7-18(21)27-19-8-5-10-22(30)24(19)25(29)23-11-6-14-32-23/h3-4,6-7,9,11-15,25,27H,5,8,10H2,1-2H3,(H,28,31)/t25-/m0/s1. The molecule has 0 spiro atoms. The lowest BCUT2D eigenvalue weighted by atomic mass is 9.88. The van der Waals surface area contributed by atoms with Crippen LogP contribution < -0.4 is 15.5 Å². The Balaban J connectivity index is 1.68. The van der Waals surface area contributed by atoms with Crippen molar-refractivity contribution in [2.75, 3.05) is 15.5 Å². The first-order valence-electron chi connectivity index (χ1n) is 10.9. The predicted molar refractivity (Wildman–Crippen MR) is 125 cm³/mol. The molecule has 0 saturated heterocycles. The quantitative estimate of drug-likeness (QED) is 0.517. The Morgan fingerprint density at radius 2 is 1.94 bits per heavy atom. The third-order valence-corrected chi connectivity index (χ3v) is 6.10. The van der Waals surface area contributed by atoms with Crippen LogP contribution in [0.4, 0.5) is 21.9 Å².